The molecule has 1 aliphatic heterocycles. The summed E-state index contributed by atoms with van der Waals surface area (Å²) in [5.41, 5.74) is 3.61. The first-order chi connectivity index (χ1) is 24.4. The van der Waals surface area contributed by atoms with Crippen LogP contribution in [0.5, 0.6) is 0 Å². The minimum absolute atomic E-state index is 0.00769. The molecule has 0 radical (unpaired) electrons. The summed E-state index contributed by atoms with van der Waals surface area (Å²) in [5, 5.41) is 3.88. The number of guanidine groups is 1. The molecule has 1 amide bonds. The smallest absolute Gasteiger partial charge is 0.395 e. The molecule has 2 N–H and O–H groups in total. The summed E-state index contributed by atoms with van der Waals surface area (Å²) in [6, 6.07) is 11.5. The number of nitrogens with zero attached hydrogens (tertiary/aromatic N) is 7. The van der Waals surface area contributed by atoms with Crippen molar-refractivity contribution < 1.29 is 36.3 Å². The molecule has 6 rings (SSSR count). The molecular formula is C35H34ClF5N8O3. The standard InChI is InChI=1S/C35H34ClF5N8O3/c1-32(2,3)18-34(22-8-5-20(6-9-22)28-43-13-4-14-44-28)30(51)48(31(42)47-34)25(17-52-26(50)16-33(11-12-33)35(39,40)41)21-7-10-23(36)24(15-21)49-29(27(37)38)45-19-46-49/h4-10,13-15,19,25,27H,11-12,16-18H2,1-3H3,(H2,42,47)/t25-,34-/m1/s1. The topological polar surface area (TPSA) is 141 Å². The maximum absolute atomic E-state index is 14.9. The molecule has 1 aliphatic carbocycles. The van der Waals surface area contributed by atoms with Crippen LogP contribution >= 0.6 is 11.6 Å². The number of amides is 1. The van der Waals surface area contributed by atoms with Crippen molar-refractivity contribution in [2.24, 2.45) is 21.6 Å². The third-order valence-electron chi connectivity index (χ3n) is 9.10. The molecule has 2 aromatic heterocycles. The molecule has 4 aromatic rings. The lowest BCUT2D eigenvalue weighted by molar-refractivity contribution is -0.195. The van der Waals surface area contributed by atoms with Gasteiger partial charge in [-0.15, -0.1) is 0 Å². The van der Waals surface area contributed by atoms with Crippen molar-refractivity contribution in [2.75, 3.05) is 6.61 Å². The molecule has 274 valence electrons. The van der Waals surface area contributed by atoms with Gasteiger partial charge in [0.25, 0.3) is 12.3 Å². The molecule has 2 aromatic carbocycles. The molecule has 1 saturated carbocycles. The van der Waals surface area contributed by atoms with Gasteiger partial charge >= 0.3 is 12.1 Å². The SMILES string of the molecule is CC(C)(C)C[C@]1(c2ccc(-c3ncccn3)cc2)N=C(N)N([C@H](COC(=O)CC2(C(F)(F)F)CC2)c2ccc(Cl)c(-n3ncnc3C(F)F)c2)C1=O. The van der Waals surface area contributed by atoms with Crippen LogP contribution in [-0.2, 0) is 19.9 Å². The number of carbonyl (C=O) groups is 2. The maximum atomic E-state index is 14.9. The van der Waals surface area contributed by atoms with Crippen LogP contribution in [0.3, 0.4) is 0 Å². The van der Waals surface area contributed by atoms with Crippen LogP contribution in [0.1, 0.15) is 75.9 Å². The zero-order chi connectivity index (χ0) is 37.6. The Hall–Kier alpha value is -4.99. The molecule has 1 fully saturated rings. The normalized spacial score (nSPS) is 19.2. The highest BCUT2D eigenvalue weighted by atomic mass is 35.5. The summed E-state index contributed by atoms with van der Waals surface area (Å²) in [6.45, 7) is 5.10. The summed E-state index contributed by atoms with van der Waals surface area (Å²) < 4.78 is 75.0. The molecule has 2 aliphatic rings. The van der Waals surface area contributed by atoms with Gasteiger partial charge in [-0.25, -0.2) is 33.4 Å². The number of aliphatic imine (C=N–C) groups is 1. The highest BCUT2D eigenvalue weighted by Crippen LogP contribution is 2.60. The number of halogens is 6. The molecule has 2 atom stereocenters. The largest absolute Gasteiger partial charge is 0.463 e. The van der Waals surface area contributed by atoms with Gasteiger partial charge in [-0.2, -0.15) is 18.3 Å². The van der Waals surface area contributed by atoms with E-state index in [0.29, 0.717) is 17.0 Å². The monoisotopic (exact) mass is 744 g/mol. The minimum atomic E-state index is -4.60. The number of alkyl halides is 5. The first-order valence-corrected chi connectivity index (χ1v) is 16.6. The van der Waals surface area contributed by atoms with Crippen molar-refractivity contribution in [1.29, 1.82) is 0 Å². The second kappa shape index (κ2) is 13.5. The third-order valence-corrected chi connectivity index (χ3v) is 9.42. The van der Waals surface area contributed by atoms with Crippen molar-refractivity contribution in [3.05, 3.63) is 89.2 Å². The van der Waals surface area contributed by atoms with Gasteiger partial charge in [0.05, 0.1) is 28.6 Å². The molecule has 52 heavy (non-hydrogen) atoms. The molecule has 0 unspecified atom stereocenters. The first kappa shape index (κ1) is 36.8. The molecule has 17 heteroatoms. The summed E-state index contributed by atoms with van der Waals surface area (Å²) in [4.78, 5) is 45.8. The second-order valence-electron chi connectivity index (χ2n) is 14.1. The fourth-order valence-electron chi connectivity index (χ4n) is 6.43. The van der Waals surface area contributed by atoms with Crippen LogP contribution in [0, 0.1) is 10.8 Å². The lowest BCUT2D eigenvalue weighted by Gasteiger charge is -2.35. The summed E-state index contributed by atoms with van der Waals surface area (Å²) in [5.74, 6) is -2.25. The van der Waals surface area contributed by atoms with Crippen LogP contribution in [0.25, 0.3) is 17.1 Å². The molecule has 0 saturated heterocycles. The number of esters is 1. The summed E-state index contributed by atoms with van der Waals surface area (Å²) in [7, 11) is 0. The Bertz CT molecular complexity index is 2000. The zero-order valence-electron chi connectivity index (χ0n) is 28.2. The van der Waals surface area contributed by atoms with Gasteiger partial charge in [-0.05, 0) is 54.0 Å². The van der Waals surface area contributed by atoms with Crippen LogP contribution in [0.2, 0.25) is 5.02 Å². The van der Waals surface area contributed by atoms with Gasteiger partial charge in [0.1, 0.15) is 12.9 Å². The van der Waals surface area contributed by atoms with E-state index in [4.69, 9.17) is 27.1 Å². The lowest BCUT2D eigenvalue weighted by atomic mass is 9.75. The third kappa shape index (κ3) is 7.07. The Morgan fingerprint density at radius 1 is 1.04 bits per heavy atom. The van der Waals surface area contributed by atoms with Gasteiger partial charge in [0.15, 0.2) is 23.1 Å². The number of hydrogen-bond acceptors (Lipinski definition) is 9. The van der Waals surface area contributed by atoms with E-state index in [1.165, 1.54) is 18.2 Å². The highest BCUT2D eigenvalue weighted by Gasteiger charge is 2.64. The molecule has 11 nitrogen and oxygen atoms in total. The number of ether oxygens (including phenoxy) is 1. The van der Waals surface area contributed by atoms with Crippen LogP contribution in [0.15, 0.2) is 72.2 Å². The number of rotatable bonds is 11. The minimum Gasteiger partial charge on any atom is -0.463 e. The van der Waals surface area contributed by atoms with E-state index < -0.39 is 65.7 Å². The Balaban J connectivity index is 1.41. The average molecular weight is 745 g/mol. The van der Waals surface area contributed by atoms with E-state index in [2.05, 4.69) is 20.1 Å². The average Bonchev–Trinajstić information content (AvgIpc) is 3.63. The Morgan fingerprint density at radius 2 is 1.71 bits per heavy atom. The first-order valence-electron chi connectivity index (χ1n) is 16.2. The van der Waals surface area contributed by atoms with Gasteiger partial charge in [-0.3, -0.25) is 14.5 Å². The predicted molar refractivity (Wildman–Crippen MR) is 179 cm³/mol. The van der Waals surface area contributed by atoms with Crippen molar-refractivity contribution in [3.8, 4) is 17.1 Å². The molecule has 0 bridgehead atoms. The van der Waals surface area contributed by atoms with Gasteiger partial charge in [0, 0.05) is 18.0 Å². The lowest BCUT2D eigenvalue weighted by Crippen LogP contribution is -2.47. The summed E-state index contributed by atoms with van der Waals surface area (Å²) in [6.07, 6.45) is -4.68. The quantitative estimate of drug-likeness (QED) is 0.126. The second-order valence-corrected chi connectivity index (χ2v) is 14.5. The predicted octanol–water partition coefficient (Wildman–Crippen LogP) is 7.12. The van der Waals surface area contributed by atoms with Gasteiger partial charge in [0.2, 0.25) is 0 Å². The van der Waals surface area contributed by atoms with Crippen LogP contribution < -0.4 is 5.73 Å². The van der Waals surface area contributed by atoms with Crippen LogP contribution in [0.4, 0.5) is 22.0 Å². The maximum Gasteiger partial charge on any atom is 0.395 e. The Morgan fingerprint density at radius 3 is 2.31 bits per heavy atom. The fourth-order valence-corrected chi connectivity index (χ4v) is 6.63. The number of carbonyl (C=O) groups excluding carboxylic acids is 2. The van der Waals surface area contributed by atoms with Gasteiger partial charge in [-0.1, -0.05) is 62.7 Å². The van der Waals surface area contributed by atoms with E-state index in [0.717, 1.165) is 15.9 Å². The van der Waals surface area contributed by atoms with E-state index in [9.17, 15) is 31.5 Å². The van der Waals surface area contributed by atoms with E-state index in [-0.39, 0.29) is 41.5 Å². The number of aromatic nitrogens is 5. The number of hydrogen-bond donors (Lipinski definition) is 1. The van der Waals surface area contributed by atoms with E-state index >= 15 is 0 Å². The Kier molecular flexibility index (Phi) is 9.57. The number of nitrogens with two attached hydrogens (primary N) is 1. The fraction of sp³-hybridized carbons (Fsp3) is 0.400. The Labute approximate surface area is 300 Å². The van der Waals surface area contributed by atoms with Crippen molar-refractivity contribution >= 4 is 29.4 Å². The van der Waals surface area contributed by atoms with Crippen molar-refractivity contribution in [2.45, 2.75) is 70.6 Å². The number of benzene rings is 2. The summed E-state index contributed by atoms with van der Waals surface area (Å²) >= 11 is 6.43. The zero-order valence-corrected chi connectivity index (χ0v) is 29.0. The highest BCUT2D eigenvalue weighted by molar-refractivity contribution is 6.32. The molecule has 0 spiro atoms. The molecule has 3 heterocycles. The van der Waals surface area contributed by atoms with Gasteiger partial charge < -0.3 is 10.5 Å². The van der Waals surface area contributed by atoms with Crippen LogP contribution in [-0.4, -0.2) is 60.3 Å². The van der Waals surface area contributed by atoms with E-state index in [1.807, 2.05) is 20.8 Å². The molecular weight excluding hydrogens is 711 g/mol. The van der Waals surface area contributed by atoms with Crippen molar-refractivity contribution in [3.63, 3.8) is 0 Å². The van der Waals surface area contributed by atoms with E-state index in [1.54, 1.807) is 42.7 Å². The van der Waals surface area contributed by atoms with Crippen molar-refractivity contribution in [1.82, 2.24) is 29.6 Å².